The van der Waals surface area contributed by atoms with E-state index in [1.165, 1.54) is 6.42 Å². The molecule has 1 amide bonds. The third-order valence-corrected chi connectivity index (χ3v) is 3.38. The summed E-state index contributed by atoms with van der Waals surface area (Å²) >= 11 is 0. The Hall–Kier alpha value is -0.320. The van der Waals surface area contributed by atoms with Crippen LogP contribution in [0.15, 0.2) is 0 Å². The lowest BCUT2D eigenvalue weighted by Gasteiger charge is -2.27. The van der Waals surface area contributed by atoms with Gasteiger partial charge in [0.1, 0.15) is 6.10 Å². The Kier molecular flexibility index (Phi) is 5.52. The van der Waals surface area contributed by atoms with E-state index >= 15 is 0 Å². The molecule has 0 aliphatic carbocycles. The van der Waals surface area contributed by atoms with Crippen molar-refractivity contribution in [3.05, 3.63) is 0 Å². The van der Waals surface area contributed by atoms with Gasteiger partial charge in [0.15, 0.2) is 0 Å². The van der Waals surface area contributed by atoms with Gasteiger partial charge < -0.3 is 15.0 Å². The fraction of sp³-hybridized carbons (Fsp3) is 0.909. The minimum absolute atomic E-state index is 0. The summed E-state index contributed by atoms with van der Waals surface area (Å²) in [7, 11) is 0. The molecule has 2 saturated heterocycles. The van der Waals surface area contributed by atoms with Crippen LogP contribution in [-0.2, 0) is 9.53 Å². The predicted molar refractivity (Wildman–Crippen MR) is 64.8 cm³/mol. The average Bonchev–Trinajstić information content (AvgIpc) is 2.78. The van der Waals surface area contributed by atoms with Gasteiger partial charge in [0.25, 0.3) is 5.91 Å². The summed E-state index contributed by atoms with van der Waals surface area (Å²) in [5.74, 6) is 0.878. The summed E-state index contributed by atoms with van der Waals surface area (Å²) in [5.41, 5.74) is 0. The van der Waals surface area contributed by atoms with E-state index in [0.717, 1.165) is 26.1 Å². The molecular formula is C11H21ClN2O2. The van der Waals surface area contributed by atoms with Gasteiger partial charge in [0.2, 0.25) is 0 Å². The third kappa shape index (κ3) is 3.09. The van der Waals surface area contributed by atoms with Crippen LogP contribution in [0.25, 0.3) is 0 Å². The molecule has 2 fully saturated rings. The number of carbonyl (C=O) groups is 1. The second kappa shape index (κ2) is 6.42. The molecule has 4 nitrogen and oxygen atoms in total. The maximum Gasteiger partial charge on any atom is 0.253 e. The highest BCUT2D eigenvalue weighted by Crippen LogP contribution is 2.20. The number of likely N-dealkylation sites (tertiary alicyclic amines) is 1. The molecule has 2 heterocycles. The van der Waals surface area contributed by atoms with Crippen molar-refractivity contribution in [3.8, 4) is 0 Å². The van der Waals surface area contributed by atoms with E-state index in [0.29, 0.717) is 19.1 Å². The molecule has 0 aromatic heterocycles. The number of nitrogens with zero attached hydrogens (tertiary/aromatic N) is 1. The smallest absolute Gasteiger partial charge is 0.253 e. The minimum atomic E-state index is -0.241. The Morgan fingerprint density at radius 3 is 2.94 bits per heavy atom. The number of amides is 1. The summed E-state index contributed by atoms with van der Waals surface area (Å²) in [4.78, 5) is 14.0. The Balaban J connectivity index is 0.00000128. The topological polar surface area (TPSA) is 41.6 Å². The molecule has 0 spiro atoms. The fourth-order valence-electron chi connectivity index (χ4n) is 2.29. The maximum absolute atomic E-state index is 12.0. The second-order valence-corrected chi connectivity index (χ2v) is 4.41. The van der Waals surface area contributed by atoms with Crippen LogP contribution in [0.5, 0.6) is 0 Å². The number of carbonyl (C=O) groups excluding carboxylic acids is 1. The molecule has 0 aromatic carbocycles. The summed E-state index contributed by atoms with van der Waals surface area (Å²) in [6, 6.07) is 0. The first-order valence-electron chi connectivity index (χ1n) is 5.92. The van der Waals surface area contributed by atoms with Gasteiger partial charge >= 0.3 is 0 Å². The van der Waals surface area contributed by atoms with Crippen molar-refractivity contribution in [2.75, 3.05) is 32.8 Å². The van der Waals surface area contributed by atoms with Crippen LogP contribution in [0.2, 0.25) is 0 Å². The van der Waals surface area contributed by atoms with E-state index in [-0.39, 0.29) is 24.4 Å². The fourth-order valence-corrected chi connectivity index (χ4v) is 2.29. The zero-order valence-electron chi connectivity index (χ0n) is 9.78. The van der Waals surface area contributed by atoms with Crippen molar-refractivity contribution in [2.24, 2.45) is 5.92 Å². The van der Waals surface area contributed by atoms with Gasteiger partial charge in [-0.1, -0.05) is 13.3 Å². The molecule has 2 aliphatic heterocycles. The van der Waals surface area contributed by atoms with Crippen LogP contribution in [0.3, 0.4) is 0 Å². The third-order valence-electron chi connectivity index (χ3n) is 3.38. The average molecular weight is 249 g/mol. The lowest BCUT2D eigenvalue weighted by molar-refractivity contribution is -0.144. The molecule has 0 saturated carbocycles. The molecule has 2 rings (SSSR count). The van der Waals surface area contributed by atoms with Crippen LogP contribution in [0.4, 0.5) is 0 Å². The Morgan fingerprint density at radius 1 is 1.56 bits per heavy atom. The van der Waals surface area contributed by atoms with Crippen LogP contribution in [0.1, 0.15) is 19.8 Å². The number of halogens is 1. The van der Waals surface area contributed by atoms with E-state index in [1.807, 2.05) is 4.90 Å². The largest absolute Gasteiger partial charge is 0.366 e. The highest BCUT2D eigenvalue weighted by atomic mass is 35.5. The SMILES string of the molecule is CCC1CCN(C(=O)C2CNCCO2)C1.Cl. The first-order valence-corrected chi connectivity index (χ1v) is 5.92. The second-order valence-electron chi connectivity index (χ2n) is 4.41. The number of rotatable bonds is 2. The molecule has 0 aromatic rings. The molecule has 2 unspecified atom stereocenters. The Labute approximate surface area is 103 Å². The highest BCUT2D eigenvalue weighted by Gasteiger charge is 2.31. The number of nitrogens with one attached hydrogen (secondary N) is 1. The molecule has 2 aliphatic rings. The lowest BCUT2D eigenvalue weighted by Crippen LogP contribution is -2.48. The molecule has 1 N–H and O–H groups in total. The Bertz CT molecular complexity index is 232. The van der Waals surface area contributed by atoms with Gasteiger partial charge in [0.05, 0.1) is 6.61 Å². The number of ether oxygens (including phenoxy) is 1. The van der Waals surface area contributed by atoms with Gasteiger partial charge in [-0.2, -0.15) is 0 Å². The van der Waals surface area contributed by atoms with Gasteiger partial charge in [-0.3, -0.25) is 4.79 Å². The summed E-state index contributed by atoms with van der Waals surface area (Å²) in [5, 5.41) is 3.19. The quantitative estimate of drug-likeness (QED) is 0.781. The van der Waals surface area contributed by atoms with Gasteiger partial charge in [0, 0.05) is 26.2 Å². The van der Waals surface area contributed by atoms with Crippen molar-refractivity contribution in [2.45, 2.75) is 25.9 Å². The normalized spacial score (nSPS) is 29.9. The van der Waals surface area contributed by atoms with Crippen molar-refractivity contribution in [1.29, 1.82) is 0 Å². The molecule has 5 heteroatoms. The molecular weight excluding hydrogens is 228 g/mol. The predicted octanol–water partition coefficient (Wildman–Crippen LogP) is 0.655. The zero-order chi connectivity index (χ0) is 10.7. The van der Waals surface area contributed by atoms with Crippen LogP contribution in [-0.4, -0.2) is 49.7 Å². The summed E-state index contributed by atoms with van der Waals surface area (Å²) in [6.07, 6.45) is 2.09. The Morgan fingerprint density at radius 2 is 2.38 bits per heavy atom. The first-order chi connectivity index (χ1) is 7.31. The van der Waals surface area contributed by atoms with Gasteiger partial charge in [-0.05, 0) is 12.3 Å². The van der Waals surface area contributed by atoms with E-state index in [2.05, 4.69) is 12.2 Å². The first kappa shape index (κ1) is 13.7. The number of morpholine rings is 1. The number of hydrogen-bond donors (Lipinski definition) is 1. The van der Waals surface area contributed by atoms with E-state index in [4.69, 9.17) is 4.74 Å². The van der Waals surface area contributed by atoms with Crippen molar-refractivity contribution in [1.82, 2.24) is 10.2 Å². The molecule has 2 atom stereocenters. The summed E-state index contributed by atoms with van der Waals surface area (Å²) < 4.78 is 5.47. The molecule has 0 bridgehead atoms. The van der Waals surface area contributed by atoms with E-state index in [1.54, 1.807) is 0 Å². The van der Waals surface area contributed by atoms with Crippen LogP contribution < -0.4 is 5.32 Å². The monoisotopic (exact) mass is 248 g/mol. The minimum Gasteiger partial charge on any atom is -0.366 e. The van der Waals surface area contributed by atoms with Gasteiger partial charge in [-0.25, -0.2) is 0 Å². The molecule has 94 valence electrons. The zero-order valence-corrected chi connectivity index (χ0v) is 10.6. The number of hydrogen-bond acceptors (Lipinski definition) is 3. The molecule has 16 heavy (non-hydrogen) atoms. The highest BCUT2D eigenvalue weighted by molar-refractivity contribution is 5.85. The van der Waals surface area contributed by atoms with Crippen molar-refractivity contribution >= 4 is 18.3 Å². The standard InChI is InChI=1S/C11H20N2O2.ClH/c1-2-9-3-5-13(8-9)11(14)10-7-12-4-6-15-10;/h9-10,12H,2-8H2,1H3;1H. The van der Waals surface area contributed by atoms with Crippen molar-refractivity contribution in [3.63, 3.8) is 0 Å². The van der Waals surface area contributed by atoms with E-state index in [9.17, 15) is 4.79 Å². The van der Waals surface area contributed by atoms with E-state index < -0.39 is 0 Å². The summed E-state index contributed by atoms with van der Waals surface area (Å²) in [6.45, 7) is 6.22. The lowest BCUT2D eigenvalue weighted by atomic mass is 10.1. The van der Waals surface area contributed by atoms with Crippen LogP contribution in [0, 0.1) is 5.92 Å². The van der Waals surface area contributed by atoms with Crippen molar-refractivity contribution < 1.29 is 9.53 Å². The van der Waals surface area contributed by atoms with Gasteiger partial charge in [-0.15, -0.1) is 12.4 Å². The van der Waals surface area contributed by atoms with Crippen LogP contribution >= 0.6 is 12.4 Å². The molecule has 0 radical (unpaired) electrons. The maximum atomic E-state index is 12.0.